The fourth-order valence-electron chi connectivity index (χ4n) is 4.30. The molecular formula is C23H29N2O3+. The Hall–Kier alpha value is -2.53. The topological polar surface area (TPSA) is 44.9 Å². The van der Waals surface area contributed by atoms with E-state index >= 15 is 0 Å². The van der Waals surface area contributed by atoms with Crippen LogP contribution in [-0.2, 0) is 5.72 Å². The van der Waals surface area contributed by atoms with Crippen molar-refractivity contribution in [1.82, 2.24) is 0 Å². The summed E-state index contributed by atoms with van der Waals surface area (Å²) in [6, 6.07) is 16.0. The normalized spacial score (nSPS) is 22.0. The standard InChI is InChI=1S/C23H29N2O3/c1-3-28-21-14-10-19(11-15-21)24-17-23(26,18-8-12-20(27-2)13-9-18)25-16-6-4-5-7-22(24)25/h8-15,26H,3-7,16-17H2,1-2H3/q+1/t23-/m0/s1. The van der Waals surface area contributed by atoms with Crippen LogP contribution in [0.25, 0.3) is 0 Å². The molecule has 0 saturated carbocycles. The van der Waals surface area contributed by atoms with Gasteiger partial charge in [0, 0.05) is 12.0 Å². The third-order valence-corrected chi connectivity index (χ3v) is 5.74. The molecule has 1 N–H and O–H groups in total. The zero-order valence-electron chi connectivity index (χ0n) is 16.7. The lowest BCUT2D eigenvalue weighted by Crippen LogP contribution is -2.41. The van der Waals surface area contributed by atoms with Crippen LogP contribution in [0.4, 0.5) is 5.69 Å². The molecule has 0 amide bonds. The lowest BCUT2D eigenvalue weighted by molar-refractivity contribution is -0.658. The van der Waals surface area contributed by atoms with Crippen molar-refractivity contribution in [2.45, 2.75) is 38.3 Å². The van der Waals surface area contributed by atoms with Crippen LogP contribution in [0.5, 0.6) is 11.5 Å². The van der Waals surface area contributed by atoms with Gasteiger partial charge in [-0.2, -0.15) is 0 Å². The summed E-state index contributed by atoms with van der Waals surface area (Å²) in [5.41, 5.74) is 0.959. The Kier molecular flexibility index (Phi) is 5.27. The van der Waals surface area contributed by atoms with Crippen LogP contribution in [0.3, 0.4) is 0 Å². The van der Waals surface area contributed by atoms with Crippen LogP contribution in [0, 0.1) is 0 Å². The Bertz CT molecular complexity index is 845. The first-order valence-corrected chi connectivity index (χ1v) is 10.2. The number of β-amino-alcohol motifs (C(OH)–C–C–N with tert-alkyl or cyclic N) is 1. The predicted molar refractivity (Wildman–Crippen MR) is 110 cm³/mol. The molecule has 0 bridgehead atoms. The monoisotopic (exact) mass is 381 g/mol. The fourth-order valence-corrected chi connectivity index (χ4v) is 4.30. The maximum absolute atomic E-state index is 11.8. The summed E-state index contributed by atoms with van der Waals surface area (Å²) < 4.78 is 13.1. The molecule has 0 aromatic heterocycles. The van der Waals surface area contributed by atoms with Gasteiger partial charge in [0.15, 0.2) is 6.54 Å². The highest BCUT2D eigenvalue weighted by Crippen LogP contribution is 2.36. The number of hydrogen-bond donors (Lipinski definition) is 1. The molecule has 0 fully saturated rings. The number of rotatable bonds is 5. The quantitative estimate of drug-likeness (QED) is 0.802. The van der Waals surface area contributed by atoms with E-state index in [0.29, 0.717) is 13.2 Å². The number of aliphatic hydroxyl groups is 1. The van der Waals surface area contributed by atoms with Crippen molar-refractivity contribution in [1.29, 1.82) is 0 Å². The highest BCUT2D eigenvalue weighted by atomic mass is 16.5. The van der Waals surface area contributed by atoms with Crippen LogP contribution in [0.15, 0.2) is 48.5 Å². The van der Waals surface area contributed by atoms with Gasteiger partial charge in [0.2, 0.25) is 0 Å². The van der Waals surface area contributed by atoms with Gasteiger partial charge in [-0.1, -0.05) is 0 Å². The van der Waals surface area contributed by atoms with Crippen molar-refractivity contribution in [3.8, 4) is 11.5 Å². The van der Waals surface area contributed by atoms with Crippen LogP contribution in [-0.4, -0.2) is 42.3 Å². The third-order valence-electron chi connectivity index (χ3n) is 5.74. The van der Waals surface area contributed by atoms with Crippen molar-refractivity contribution in [3.05, 3.63) is 54.1 Å². The smallest absolute Gasteiger partial charge is 0.271 e. The second-order valence-corrected chi connectivity index (χ2v) is 7.44. The molecule has 0 radical (unpaired) electrons. The summed E-state index contributed by atoms with van der Waals surface area (Å²) in [5, 5.41) is 11.8. The van der Waals surface area contributed by atoms with Crippen LogP contribution in [0.2, 0.25) is 0 Å². The SMILES string of the molecule is CCOc1ccc(N2C[C@](O)(c3ccc(OC)cc3)[N+]3=C2CCCCC3)cc1. The summed E-state index contributed by atoms with van der Waals surface area (Å²) in [7, 11) is 1.66. The maximum Gasteiger partial charge on any atom is 0.271 e. The molecule has 2 aromatic carbocycles. The Morgan fingerprint density at radius 2 is 1.71 bits per heavy atom. The molecule has 5 nitrogen and oxygen atoms in total. The number of hydrogen-bond acceptors (Lipinski definition) is 4. The van der Waals surface area contributed by atoms with Crippen LogP contribution < -0.4 is 14.4 Å². The van der Waals surface area contributed by atoms with Gasteiger partial charge in [0.05, 0.1) is 20.3 Å². The molecule has 4 rings (SSSR count). The number of nitrogens with zero attached hydrogens (tertiary/aromatic N) is 2. The third kappa shape index (κ3) is 3.35. The predicted octanol–water partition coefficient (Wildman–Crippen LogP) is 3.74. The molecule has 0 unspecified atom stereocenters. The lowest BCUT2D eigenvalue weighted by atomic mass is 10.0. The van der Waals surface area contributed by atoms with Crippen molar-refractivity contribution in [3.63, 3.8) is 0 Å². The number of amidine groups is 1. The van der Waals surface area contributed by atoms with E-state index in [4.69, 9.17) is 9.47 Å². The van der Waals surface area contributed by atoms with E-state index in [1.54, 1.807) is 7.11 Å². The Balaban J connectivity index is 1.71. The molecule has 28 heavy (non-hydrogen) atoms. The number of anilines is 1. The lowest BCUT2D eigenvalue weighted by Gasteiger charge is -2.23. The van der Waals surface area contributed by atoms with Gasteiger partial charge in [-0.15, -0.1) is 0 Å². The zero-order chi connectivity index (χ0) is 19.6. The van der Waals surface area contributed by atoms with Crippen molar-refractivity contribution >= 4 is 11.5 Å². The molecule has 2 heterocycles. The molecule has 0 aliphatic carbocycles. The van der Waals surface area contributed by atoms with Gasteiger partial charge < -0.3 is 14.6 Å². The van der Waals surface area contributed by atoms with E-state index < -0.39 is 5.72 Å². The Morgan fingerprint density at radius 1 is 1.00 bits per heavy atom. The number of methoxy groups -OCH3 is 1. The molecule has 5 heteroatoms. The van der Waals surface area contributed by atoms with E-state index in [-0.39, 0.29) is 0 Å². The van der Waals surface area contributed by atoms with Crippen molar-refractivity contribution in [2.24, 2.45) is 0 Å². The minimum absolute atomic E-state index is 0.517. The van der Waals surface area contributed by atoms with E-state index in [2.05, 4.69) is 21.6 Å². The van der Waals surface area contributed by atoms with Gasteiger partial charge in [-0.25, -0.2) is 9.48 Å². The largest absolute Gasteiger partial charge is 0.497 e. The summed E-state index contributed by atoms with van der Waals surface area (Å²) >= 11 is 0. The Morgan fingerprint density at radius 3 is 2.39 bits per heavy atom. The van der Waals surface area contributed by atoms with E-state index in [9.17, 15) is 5.11 Å². The average Bonchev–Trinajstić information content (AvgIpc) is 2.88. The van der Waals surface area contributed by atoms with Gasteiger partial charge in [-0.05, 0) is 74.7 Å². The second kappa shape index (κ2) is 7.84. The minimum Gasteiger partial charge on any atom is -0.497 e. The van der Waals surface area contributed by atoms with Gasteiger partial charge in [0.25, 0.3) is 11.6 Å². The summed E-state index contributed by atoms with van der Waals surface area (Å²) in [6.45, 7) is 4.03. The highest BCUT2D eigenvalue weighted by Gasteiger charge is 2.51. The minimum atomic E-state index is -1.04. The van der Waals surface area contributed by atoms with Gasteiger partial charge >= 0.3 is 0 Å². The summed E-state index contributed by atoms with van der Waals surface area (Å²) in [5.74, 6) is 2.88. The zero-order valence-corrected chi connectivity index (χ0v) is 16.7. The average molecular weight is 381 g/mol. The first-order valence-electron chi connectivity index (χ1n) is 10.2. The molecule has 2 aliphatic heterocycles. The molecule has 2 aromatic rings. The second-order valence-electron chi connectivity index (χ2n) is 7.44. The first-order chi connectivity index (χ1) is 13.7. The molecule has 148 valence electrons. The maximum atomic E-state index is 11.8. The van der Waals surface area contributed by atoms with Crippen molar-refractivity contribution < 1.29 is 19.2 Å². The Labute approximate surface area is 166 Å². The first kappa shape index (κ1) is 18.8. The molecular weight excluding hydrogens is 352 g/mol. The van der Waals surface area contributed by atoms with E-state index in [1.165, 1.54) is 12.3 Å². The van der Waals surface area contributed by atoms with Gasteiger partial charge in [0.1, 0.15) is 17.2 Å². The molecule has 0 spiro atoms. The highest BCUT2D eigenvalue weighted by molar-refractivity contribution is 5.96. The number of benzene rings is 2. The number of ether oxygens (including phenoxy) is 2. The molecule has 0 saturated heterocycles. The van der Waals surface area contributed by atoms with Crippen LogP contribution in [0.1, 0.15) is 38.2 Å². The molecule has 2 aliphatic rings. The summed E-state index contributed by atoms with van der Waals surface area (Å²) in [6.07, 6.45) is 4.42. The molecule has 1 atom stereocenters. The van der Waals surface area contributed by atoms with Crippen LogP contribution >= 0.6 is 0 Å². The van der Waals surface area contributed by atoms with Crippen molar-refractivity contribution in [2.75, 3.05) is 31.7 Å². The van der Waals surface area contributed by atoms with E-state index in [1.807, 2.05) is 43.3 Å². The summed E-state index contributed by atoms with van der Waals surface area (Å²) in [4.78, 5) is 2.27. The van der Waals surface area contributed by atoms with E-state index in [0.717, 1.165) is 48.6 Å². The van der Waals surface area contributed by atoms with Gasteiger partial charge in [-0.3, -0.25) is 0 Å². The fraction of sp³-hybridized carbons (Fsp3) is 0.435.